The van der Waals surface area contributed by atoms with Gasteiger partial charge in [0, 0.05) is 18.7 Å². The van der Waals surface area contributed by atoms with E-state index in [0.717, 1.165) is 0 Å². The van der Waals surface area contributed by atoms with Crippen LogP contribution in [0.5, 0.6) is 0 Å². The van der Waals surface area contributed by atoms with Gasteiger partial charge >= 0.3 is 0 Å². The third-order valence-corrected chi connectivity index (χ3v) is 3.81. The topological polar surface area (TPSA) is 46.3 Å². The molecule has 17 heavy (non-hydrogen) atoms. The van der Waals surface area contributed by atoms with E-state index in [1.165, 1.54) is 12.8 Å². The summed E-state index contributed by atoms with van der Waals surface area (Å²) in [6.07, 6.45) is 2.45. The van der Waals surface area contributed by atoms with Gasteiger partial charge in [-0.2, -0.15) is 0 Å². The zero-order valence-electron chi connectivity index (χ0n) is 10.1. The fourth-order valence-electron chi connectivity index (χ4n) is 1.94. The van der Waals surface area contributed by atoms with Gasteiger partial charge in [-0.15, -0.1) is 0 Å². The molecule has 92 valence electrons. The summed E-state index contributed by atoms with van der Waals surface area (Å²) in [7, 11) is 1.84. The summed E-state index contributed by atoms with van der Waals surface area (Å²) in [5, 5.41) is 0.434. The van der Waals surface area contributed by atoms with Crippen molar-refractivity contribution in [2.75, 3.05) is 12.8 Å². The van der Waals surface area contributed by atoms with Crippen LogP contribution in [0.25, 0.3) is 0 Å². The zero-order chi connectivity index (χ0) is 12.6. The van der Waals surface area contributed by atoms with Crippen LogP contribution in [-0.2, 0) is 0 Å². The molecule has 3 nitrogen and oxygen atoms in total. The highest BCUT2D eigenvalue weighted by Gasteiger charge is 2.32. The number of benzene rings is 1. The van der Waals surface area contributed by atoms with Gasteiger partial charge in [-0.25, -0.2) is 0 Å². The first-order valence-corrected chi connectivity index (χ1v) is 6.20. The maximum absolute atomic E-state index is 12.2. The average Bonchev–Trinajstić information content (AvgIpc) is 3.14. The third-order valence-electron chi connectivity index (χ3n) is 3.48. The van der Waals surface area contributed by atoms with Gasteiger partial charge in [-0.3, -0.25) is 4.79 Å². The second-order valence-corrected chi connectivity index (χ2v) is 5.14. The number of carbonyl (C=O) groups is 1. The highest BCUT2D eigenvalue weighted by molar-refractivity contribution is 6.33. The minimum absolute atomic E-state index is 0.00583. The molecule has 0 spiro atoms. The second-order valence-electron chi connectivity index (χ2n) is 4.73. The molecule has 0 radical (unpaired) electrons. The summed E-state index contributed by atoms with van der Waals surface area (Å²) in [5.74, 6) is 0.666. The van der Waals surface area contributed by atoms with E-state index in [2.05, 4.69) is 6.92 Å². The van der Waals surface area contributed by atoms with Crippen molar-refractivity contribution >= 4 is 23.2 Å². The van der Waals surface area contributed by atoms with Gasteiger partial charge in [-0.1, -0.05) is 11.6 Å². The standard InChI is InChI=1S/C13H17ClN2O/c1-8(9-3-4-9)16(2)13(17)10-5-6-12(15)11(14)7-10/h5-9H,3-4,15H2,1-2H3. The Balaban J connectivity index is 2.15. The smallest absolute Gasteiger partial charge is 0.253 e. The highest BCUT2D eigenvalue weighted by Crippen LogP contribution is 2.35. The Kier molecular flexibility index (Phi) is 3.29. The van der Waals surface area contributed by atoms with Gasteiger partial charge < -0.3 is 10.6 Å². The highest BCUT2D eigenvalue weighted by atomic mass is 35.5. The van der Waals surface area contributed by atoms with E-state index in [9.17, 15) is 4.79 Å². The van der Waals surface area contributed by atoms with Gasteiger partial charge in [0.2, 0.25) is 0 Å². The lowest BCUT2D eigenvalue weighted by Crippen LogP contribution is -2.36. The number of nitrogens with two attached hydrogens (primary N) is 1. The molecule has 1 aliphatic carbocycles. The maximum Gasteiger partial charge on any atom is 0.253 e. The number of nitrogens with zero attached hydrogens (tertiary/aromatic N) is 1. The lowest BCUT2D eigenvalue weighted by atomic mass is 10.1. The molecule has 0 aromatic heterocycles. The molecule has 2 rings (SSSR count). The van der Waals surface area contributed by atoms with Crippen molar-refractivity contribution in [2.45, 2.75) is 25.8 Å². The van der Waals surface area contributed by atoms with E-state index >= 15 is 0 Å². The fraction of sp³-hybridized carbons (Fsp3) is 0.462. The minimum atomic E-state index is 0.00583. The Morgan fingerprint density at radius 3 is 2.71 bits per heavy atom. The summed E-state index contributed by atoms with van der Waals surface area (Å²) in [6, 6.07) is 5.32. The van der Waals surface area contributed by atoms with Crippen LogP contribution >= 0.6 is 11.6 Å². The molecule has 4 heteroatoms. The molecule has 2 N–H and O–H groups in total. The lowest BCUT2D eigenvalue weighted by Gasteiger charge is -2.25. The SMILES string of the molecule is CC(C1CC1)N(C)C(=O)c1ccc(N)c(Cl)c1. The van der Waals surface area contributed by atoms with Crippen LogP contribution in [0.3, 0.4) is 0 Å². The molecule has 1 aliphatic rings. The Morgan fingerprint density at radius 2 is 2.18 bits per heavy atom. The number of nitrogen functional groups attached to an aromatic ring is 1. The molecule has 0 saturated heterocycles. The van der Waals surface area contributed by atoms with E-state index in [1.54, 1.807) is 23.1 Å². The van der Waals surface area contributed by atoms with Crippen LogP contribution in [-0.4, -0.2) is 23.9 Å². The van der Waals surface area contributed by atoms with Crippen molar-refractivity contribution in [1.82, 2.24) is 4.90 Å². The maximum atomic E-state index is 12.2. The van der Waals surface area contributed by atoms with Gasteiger partial charge in [0.05, 0.1) is 10.7 Å². The first kappa shape index (κ1) is 12.2. The summed E-state index contributed by atoms with van der Waals surface area (Å²) in [5.41, 5.74) is 6.72. The first-order chi connectivity index (χ1) is 8.00. The van der Waals surface area contributed by atoms with Crippen LogP contribution in [0.2, 0.25) is 5.02 Å². The first-order valence-electron chi connectivity index (χ1n) is 5.83. The molecule has 0 aliphatic heterocycles. The molecule has 1 saturated carbocycles. The van der Waals surface area contributed by atoms with E-state index in [-0.39, 0.29) is 5.91 Å². The number of halogens is 1. The van der Waals surface area contributed by atoms with Crippen molar-refractivity contribution in [1.29, 1.82) is 0 Å². The number of amides is 1. The molecule has 1 unspecified atom stereocenters. The average molecular weight is 253 g/mol. The number of hydrogen-bond donors (Lipinski definition) is 1. The molecular formula is C13H17ClN2O. The van der Waals surface area contributed by atoms with Crippen molar-refractivity contribution in [2.24, 2.45) is 5.92 Å². The fourth-order valence-corrected chi connectivity index (χ4v) is 2.12. The van der Waals surface area contributed by atoms with Crippen LogP contribution in [0.1, 0.15) is 30.1 Å². The Labute approximate surface area is 107 Å². The number of anilines is 1. The number of rotatable bonds is 3. The van der Waals surface area contributed by atoms with Gasteiger partial charge in [-0.05, 0) is 43.9 Å². The molecule has 1 fully saturated rings. The monoisotopic (exact) mass is 252 g/mol. The normalized spacial score (nSPS) is 16.6. The van der Waals surface area contributed by atoms with Crippen LogP contribution in [0.4, 0.5) is 5.69 Å². The Bertz CT molecular complexity index is 443. The molecule has 1 aromatic rings. The summed E-state index contributed by atoms with van der Waals surface area (Å²) >= 11 is 5.92. The number of hydrogen-bond acceptors (Lipinski definition) is 2. The van der Waals surface area contributed by atoms with Gasteiger partial charge in [0.15, 0.2) is 0 Å². The molecule has 0 heterocycles. The quantitative estimate of drug-likeness (QED) is 0.841. The van der Waals surface area contributed by atoms with Gasteiger partial charge in [0.25, 0.3) is 5.91 Å². The van der Waals surface area contributed by atoms with E-state index in [4.69, 9.17) is 17.3 Å². The third kappa shape index (κ3) is 2.55. The van der Waals surface area contributed by atoms with E-state index in [0.29, 0.717) is 28.2 Å². The van der Waals surface area contributed by atoms with Crippen molar-refractivity contribution in [3.05, 3.63) is 28.8 Å². The summed E-state index contributed by atoms with van der Waals surface area (Å²) in [4.78, 5) is 14.0. The van der Waals surface area contributed by atoms with Crippen molar-refractivity contribution < 1.29 is 4.79 Å². The van der Waals surface area contributed by atoms with Crippen LogP contribution in [0, 0.1) is 5.92 Å². The van der Waals surface area contributed by atoms with E-state index in [1.807, 2.05) is 7.05 Å². The minimum Gasteiger partial charge on any atom is -0.398 e. The second kappa shape index (κ2) is 4.57. The Morgan fingerprint density at radius 1 is 1.53 bits per heavy atom. The molecular weight excluding hydrogens is 236 g/mol. The predicted molar refractivity (Wildman–Crippen MR) is 70.1 cm³/mol. The van der Waals surface area contributed by atoms with E-state index < -0.39 is 0 Å². The van der Waals surface area contributed by atoms with Crippen molar-refractivity contribution in [3.63, 3.8) is 0 Å². The lowest BCUT2D eigenvalue weighted by molar-refractivity contribution is 0.0727. The largest absolute Gasteiger partial charge is 0.398 e. The molecule has 1 amide bonds. The van der Waals surface area contributed by atoms with Crippen LogP contribution < -0.4 is 5.73 Å². The molecule has 1 atom stereocenters. The Hall–Kier alpha value is -1.22. The molecule has 0 bridgehead atoms. The molecule has 1 aromatic carbocycles. The van der Waals surface area contributed by atoms with Crippen molar-refractivity contribution in [3.8, 4) is 0 Å². The predicted octanol–water partition coefficient (Wildman–Crippen LogP) is 2.79. The summed E-state index contributed by atoms with van der Waals surface area (Å²) < 4.78 is 0. The van der Waals surface area contributed by atoms with Crippen LogP contribution in [0.15, 0.2) is 18.2 Å². The summed E-state index contributed by atoms with van der Waals surface area (Å²) in [6.45, 7) is 2.09. The van der Waals surface area contributed by atoms with Gasteiger partial charge in [0.1, 0.15) is 0 Å². The number of carbonyl (C=O) groups excluding carboxylic acids is 1. The zero-order valence-corrected chi connectivity index (χ0v) is 10.9.